The number of fused-ring (bicyclic) bond motifs is 2. The van der Waals surface area contributed by atoms with Gasteiger partial charge in [-0.05, 0) is 55.0 Å². The Morgan fingerprint density at radius 2 is 1.35 bits per heavy atom. The van der Waals surface area contributed by atoms with E-state index in [0.717, 1.165) is 38.8 Å². The van der Waals surface area contributed by atoms with E-state index < -0.39 is 0 Å². The van der Waals surface area contributed by atoms with Crippen molar-refractivity contribution in [3.8, 4) is 0 Å². The fourth-order valence-electron chi connectivity index (χ4n) is 4.90. The number of para-hydroxylation sites is 2. The van der Waals surface area contributed by atoms with Crippen LogP contribution in [0.4, 0.5) is 11.4 Å². The van der Waals surface area contributed by atoms with Crippen LogP contribution in [0, 0.1) is 0 Å². The van der Waals surface area contributed by atoms with Crippen LogP contribution >= 0.6 is 0 Å². The first-order valence-electron chi connectivity index (χ1n) is 9.74. The molecule has 0 saturated carbocycles. The Hall–Kier alpha value is -2.55. The first kappa shape index (κ1) is 15.7. The lowest BCUT2D eigenvalue weighted by Crippen LogP contribution is -2.54. The Morgan fingerprint density at radius 3 is 2.04 bits per heavy atom. The molecule has 0 amide bonds. The van der Waals surface area contributed by atoms with Gasteiger partial charge in [-0.3, -0.25) is 4.79 Å². The number of aryl methyl sites for hydroxylation is 2. The van der Waals surface area contributed by atoms with E-state index in [2.05, 4.69) is 64.4 Å². The van der Waals surface area contributed by atoms with Crippen molar-refractivity contribution in [2.24, 2.45) is 0 Å². The highest BCUT2D eigenvalue weighted by Crippen LogP contribution is 2.36. The maximum Gasteiger partial charge on any atom is 0.180 e. The summed E-state index contributed by atoms with van der Waals surface area (Å²) in [6, 6.07) is 17.3. The second-order valence-corrected chi connectivity index (χ2v) is 7.55. The largest absolute Gasteiger partial charge is 0.362 e. The van der Waals surface area contributed by atoms with E-state index in [-0.39, 0.29) is 17.9 Å². The van der Waals surface area contributed by atoms with Crippen molar-refractivity contribution >= 4 is 17.2 Å². The number of anilines is 2. The normalized spacial score (nSPS) is 24.5. The third-order valence-corrected chi connectivity index (χ3v) is 6.06. The average molecular weight is 344 g/mol. The van der Waals surface area contributed by atoms with Gasteiger partial charge >= 0.3 is 0 Å². The molecule has 3 aliphatic rings. The van der Waals surface area contributed by atoms with E-state index in [4.69, 9.17) is 0 Å². The molecule has 132 valence electrons. The van der Waals surface area contributed by atoms with Gasteiger partial charge in [0.25, 0.3) is 0 Å². The van der Waals surface area contributed by atoms with Crippen molar-refractivity contribution < 1.29 is 4.79 Å². The maximum atomic E-state index is 12.9. The molecule has 1 aliphatic carbocycles. The number of nitrogens with zero attached hydrogens (tertiary/aromatic N) is 2. The fourth-order valence-corrected chi connectivity index (χ4v) is 4.90. The number of carbonyl (C=O) groups is 1. The van der Waals surface area contributed by atoms with Crippen LogP contribution in [0.3, 0.4) is 0 Å². The van der Waals surface area contributed by atoms with Crippen LogP contribution in [-0.2, 0) is 17.6 Å². The van der Waals surface area contributed by atoms with Gasteiger partial charge in [0.2, 0.25) is 0 Å². The van der Waals surface area contributed by atoms with Crippen LogP contribution in [0.25, 0.3) is 0 Å². The number of rotatable bonds is 2. The van der Waals surface area contributed by atoms with Crippen LogP contribution < -0.4 is 9.80 Å². The molecule has 0 spiro atoms. The van der Waals surface area contributed by atoms with E-state index in [1.807, 2.05) is 6.08 Å². The summed E-state index contributed by atoms with van der Waals surface area (Å²) < 4.78 is 0. The molecule has 2 aromatic rings. The van der Waals surface area contributed by atoms with Crippen molar-refractivity contribution in [2.45, 2.75) is 37.8 Å². The van der Waals surface area contributed by atoms with E-state index in [9.17, 15) is 4.79 Å². The lowest BCUT2D eigenvalue weighted by Gasteiger charge is -2.43. The second-order valence-electron chi connectivity index (χ2n) is 7.55. The molecular weight excluding hydrogens is 320 g/mol. The SMILES string of the molecule is O=C1C=C[C@@H](N2CCCc3ccccc32)[C@@H]1N1CCCc2ccccc21. The summed E-state index contributed by atoms with van der Waals surface area (Å²) in [6.07, 6.45) is 8.45. The zero-order chi connectivity index (χ0) is 17.5. The molecule has 0 fully saturated rings. The first-order valence-corrected chi connectivity index (χ1v) is 9.74. The molecule has 0 bridgehead atoms. The second kappa shape index (κ2) is 6.31. The van der Waals surface area contributed by atoms with Gasteiger partial charge in [-0.2, -0.15) is 0 Å². The predicted molar refractivity (Wildman–Crippen MR) is 106 cm³/mol. The van der Waals surface area contributed by atoms with Gasteiger partial charge in [-0.1, -0.05) is 42.5 Å². The third kappa shape index (κ3) is 2.45. The Labute approximate surface area is 154 Å². The smallest absolute Gasteiger partial charge is 0.180 e. The van der Waals surface area contributed by atoms with Crippen LogP contribution in [0.5, 0.6) is 0 Å². The van der Waals surface area contributed by atoms with Crippen molar-refractivity contribution in [1.82, 2.24) is 0 Å². The van der Waals surface area contributed by atoms with Gasteiger partial charge in [0.1, 0.15) is 6.04 Å². The highest BCUT2D eigenvalue weighted by atomic mass is 16.1. The first-order chi connectivity index (χ1) is 12.8. The minimum Gasteiger partial charge on any atom is -0.362 e. The Kier molecular flexibility index (Phi) is 3.81. The average Bonchev–Trinajstić information content (AvgIpc) is 3.08. The molecule has 3 heteroatoms. The topological polar surface area (TPSA) is 23.6 Å². The lowest BCUT2D eigenvalue weighted by atomic mass is 9.95. The molecule has 0 aromatic heterocycles. The molecule has 0 unspecified atom stereocenters. The highest BCUT2D eigenvalue weighted by Gasteiger charge is 2.41. The lowest BCUT2D eigenvalue weighted by molar-refractivity contribution is -0.115. The number of ketones is 1. The summed E-state index contributed by atoms with van der Waals surface area (Å²) in [5.74, 6) is 0.245. The van der Waals surface area contributed by atoms with Gasteiger partial charge < -0.3 is 9.80 Å². The van der Waals surface area contributed by atoms with Crippen LogP contribution in [0.2, 0.25) is 0 Å². The number of hydrogen-bond acceptors (Lipinski definition) is 3. The Bertz CT molecular complexity index is 872. The van der Waals surface area contributed by atoms with Crippen LogP contribution in [-0.4, -0.2) is 31.0 Å². The summed E-state index contributed by atoms with van der Waals surface area (Å²) in [7, 11) is 0. The van der Waals surface area contributed by atoms with E-state index in [0.29, 0.717) is 0 Å². The number of benzene rings is 2. The molecule has 2 aliphatic heterocycles. The van der Waals surface area contributed by atoms with Crippen molar-refractivity contribution in [3.05, 3.63) is 71.8 Å². The van der Waals surface area contributed by atoms with Gasteiger partial charge in [-0.15, -0.1) is 0 Å². The molecular formula is C23H24N2O. The minimum absolute atomic E-state index is 0.109. The van der Waals surface area contributed by atoms with Gasteiger partial charge in [0, 0.05) is 24.5 Å². The quantitative estimate of drug-likeness (QED) is 0.829. The molecule has 0 saturated heterocycles. The molecule has 5 rings (SSSR count). The van der Waals surface area contributed by atoms with Crippen LogP contribution in [0.1, 0.15) is 24.0 Å². The molecule has 2 heterocycles. The number of hydrogen-bond donors (Lipinski definition) is 0. The maximum absolute atomic E-state index is 12.9. The van der Waals surface area contributed by atoms with Gasteiger partial charge in [-0.25, -0.2) is 0 Å². The van der Waals surface area contributed by atoms with Crippen molar-refractivity contribution in [1.29, 1.82) is 0 Å². The molecule has 0 N–H and O–H groups in total. The number of carbonyl (C=O) groups excluding carboxylic acids is 1. The van der Waals surface area contributed by atoms with Gasteiger partial charge in [0.15, 0.2) is 5.78 Å². The predicted octanol–water partition coefficient (Wildman–Crippen LogP) is 3.77. The third-order valence-electron chi connectivity index (χ3n) is 6.06. The summed E-state index contributed by atoms with van der Waals surface area (Å²) >= 11 is 0. The zero-order valence-corrected chi connectivity index (χ0v) is 15.0. The zero-order valence-electron chi connectivity index (χ0n) is 15.0. The summed E-state index contributed by atoms with van der Waals surface area (Å²) in [5.41, 5.74) is 5.33. The fraction of sp³-hybridized carbons (Fsp3) is 0.348. The monoisotopic (exact) mass is 344 g/mol. The van der Waals surface area contributed by atoms with E-state index in [1.54, 1.807) is 0 Å². The molecule has 0 radical (unpaired) electrons. The standard InChI is InChI=1S/C23H24N2O/c26-22-14-13-21(24-15-5-9-17-7-1-3-11-19(17)24)23(22)25-16-6-10-18-8-2-4-12-20(18)25/h1-4,7-8,11-14,21,23H,5-6,9-10,15-16H2/t21-,23+/m1/s1. The Morgan fingerprint density at radius 1 is 0.769 bits per heavy atom. The van der Waals surface area contributed by atoms with E-state index >= 15 is 0 Å². The molecule has 3 nitrogen and oxygen atoms in total. The minimum atomic E-state index is -0.109. The van der Waals surface area contributed by atoms with E-state index in [1.165, 1.54) is 22.5 Å². The van der Waals surface area contributed by atoms with Crippen LogP contribution in [0.15, 0.2) is 60.7 Å². The molecule has 26 heavy (non-hydrogen) atoms. The Balaban J connectivity index is 1.53. The van der Waals surface area contributed by atoms with Crippen molar-refractivity contribution in [3.63, 3.8) is 0 Å². The summed E-state index contributed by atoms with van der Waals surface area (Å²) in [4.78, 5) is 17.7. The summed E-state index contributed by atoms with van der Waals surface area (Å²) in [6.45, 7) is 1.98. The summed E-state index contributed by atoms with van der Waals surface area (Å²) in [5, 5.41) is 0. The van der Waals surface area contributed by atoms with Gasteiger partial charge in [0.05, 0.1) is 6.04 Å². The highest BCUT2D eigenvalue weighted by molar-refractivity contribution is 6.01. The molecule has 2 aromatic carbocycles. The van der Waals surface area contributed by atoms with Crippen molar-refractivity contribution in [2.75, 3.05) is 22.9 Å². The molecule has 2 atom stereocenters.